The zero-order valence-corrected chi connectivity index (χ0v) is 22.4. The number of nitrogens with one attached hydrogen (secondary N) is 2. The molecule has 7 heteroatoms. The normalized spacial score (nSPS) is 14.0. The van der Waals surface area contributed by atoms with Crippen molar-refractivity contribution in [3.63, 3.8) is 0 Å². The third-order valence-electron chi connectivity index (χ3n) is 5.45. The number of hydrogen-bond donors (Lipinski definition) is 2. The fourth-order valence-electron chi connectivity index (χ4n) is 3.74. The number of unbranched alkanes of at least 4 members (excludes halogenated alkanes) is 2. The molecule has 0 aliphatic carbocycles. The molecule has 0 aliphatic rings. The minimum Gasteiger partial charge on any atom is -0.444 e. The summed E-state index contributed by atoms with van der Waals surface area (Å²) >= 11 is 0. The summed E-state index contributed by atoms with van der Waals surface area (Å²) in [5, 5.41) is 5.72. The van der Waals surface area contributed by atoms with Crippen LogP contribution in [0.1, 0.15) is 97.7 Å². The second kappa shape index (κ2) is 14.0. The average molecular weight is 476 g/mol. The van der Waals surface area contributed by atoms with Crippen LogP contribution in [0.2, 0.25) is 0 Å². The molecule has 1 rings (SSSR count). The van der Waals surface area contributed by atoms with Crippen LogP contribution in [0, 0.1) is 6.92 Å². The van der Waals surface area contributed by atoms with E-state index in [1.165, 1.54) is 0 Å². The summed E-state index contributed by atoms with van der Waals surface area (Å²) in [5.41, 5.74) is 1.15. The first kappa shape index (κ1) is 29.5. The number of benzene rings is 1. The van der Waals surface area contributed by atoms with E-state index >= 15 is 0 Å². The molecule has 1 aromatic rings. The van der Waals surface area contributed by atoms with E-state index in [1.807, 2.05) is 38.1 Å². The van der Waals surface area contributed by atoms with Gasteiger partial charge >= 0.3 is 6.09 Å². The Morgan fingerprint density at radius 2 is 1.59 bits per heavy atom. The van der Waals surface area contributed by atoms with Gasteiger partial charge in [0.15, 0.2) is 0 Å². The lowest BCUT2D eigenvalue weighted by Crippen LogP contribution is -2.52. The number of aryl methyl sites for hydroxylation is 1. The number of amides is 3. The van der Waals surface area contributed by atoms with Gasteiger partial charge in [0, 0.05) is 12.6 Å². The Morgan fingerprint density at radius 1 is 0.971 bits per heavy atom. The van der Waals surface area contributed by atoms with Crippen molar-refractivity contribution in [2.24, 2.45) is 0 Å². The smallest absolute Gasteiger partial charge is 0.408 e. The first-order valence-electron chi connectivity index (χ1n) is 12.6. The van der Waals surface area contributed by atoms with Crippen molar-refractivity contribution in [1.82, 2.24) is 15.5 Å². The first-order valence-corrected chi connectivity index (χ1v) is 12.6. The Kier molecular flexibility index (Phi) is 12.1. The van der Waals surface area contributed by atoms with E-state index in [1.54, 1.807) is 32.6 Å². The van der Waals surface area contributed by atoms with E-state index in [0.29, 0.717) is 6.54 Å². The summed E-state index contributed by atoms with van der Waals surface area (Å²) in [5.74, 6) is -0.523. The zero-order valence-electron chi connectivity index (χ0n) is 22.4. The van der Waals surface area contributed by atoms with Gasteiger partial charge in [0.1, 0.15) is 17.7 Å². The molecule has 0 aliphatic heterocycles. The molecule has 0 spiro atoms. The van der Waals surface area contributed by atoms with Gasteiger partial charge < -0.3 is 20.3 Å². The van der Waals surface area contributed by atoms with Gasteiger partial charge in [-0.2, -0.15) is 0 Å². The van der Waals surface area contributed by atoms with Crippen LogP contribution in [-0.2, 0) is 14.3 Å². The molecule has 192 valence electrons. The number of ether oxygens (including phenoxy) is 1. The van der Waals surface area contributed by atoms with Crippen LogP contribution >= 0.6 is 0 Å². The lowest BCUT2D eigenvalue weighted by Gasteiger charge is -2.34. The molecule has 2 N–H and O–H groups in total. The maximum atomic E-state index is 13.6. The van der Waals surface area contributed by atoms with Crippen molar-refractivity contribution in [3.05, 3.63) is 35.4 Å². The van der Waals surface area contributed by atoms with Crippen molar-refractivity contribution < 1.29 is 19.1 Å². The van der Waals surface area contributed by atoms with Gasteiger partial charge in [-0.25, -0.2) is 4.79 Å². The molecule has 0 saturated heterocycles. The molecule has 3 amide bonds. The van der Waals surface area contributed by atoms with E-state index in [9.17, 15) is 14.4 Å². The molecule has 7 nitrogen and oxygen atoms in total. The van der Waals surface area contributed by atoms with E-state index in [-0.39, 0.29) is 17.9 Å². The number of hydrogen-bond acceptors (Lipinski definition) is 4. The van der Waals surface area contributed by atoms with Crippen molar-refractivity contribution in [3.8, 4) is 0 Å². The fraction of sp³-hybridized carbons (Fsp3) is 0.667. The Bertz CT molecular complexity index is 786. The largest absolute Gasteiger partial charge is 0.444 e. The molecule has 0 saturated carbocycles. The van der Waals surface area contributed by atoms with Crippen molar-refractivity contribution in [1.29, 1.82) is 0 Å². The molecule has 0 radical (unpaired) electrons. The highest BCUT2D eigenvalue weighted by Crippen LogP contribution is 2.24. The van der Waals surface area contributed by atoms with Crippen LogP contribution in [0.3, 0.4) is 0 Å². The van der Waals surface area contributed by atoms with Crippen LogP contribution < -0.4 is 10.6 Å². The van der Waals surface area contributed by atoms with Crippen LogP contribution in [-0.4, -0.2) is 47.0 Å². The Balaban J connectivity index is 3.28. The first-order chi connectivity index (χ1) is 15.9. The fourth-order valence-corrected chi connectivity index (χ4v) is 3.74. The zero-order chi connectivity index (χ0) is 25.9. The summed E-state index contributed by atoms with van der Waals surface area (Å²) in [6.07, 6.45) is 3.84. The average Bonchev–Trinajstić information content (AvgIpc) is 2.72. The topological polar surface area (TPSA) is 87.7 Å². The quantitative estimate of drug-likeness (QED) is 0.403. The summed E-state index contributed by atoms with van der Waals surface area (Å²) in [6, 6.07) is 6.06. The molecule has 1 aromatic carbocycles. The van der Waals surface area contributed by atoms with Crippen LogP contribution in [0.5, 0.6) is 0 Å². The molecule has 0 bridgehead atoms. The Labute approximate surface area is 206 Å². The second-order valence-electron chi connectivity index (χ2n) is 10.1. The van der Waals surface area contributed by atoms with Crippen LogP contribution in [0.4, 0.5) is 4.79 Å². The van der Waals surface area contributed by atoms with Gasteiger partial charge in [0.2, 0.25) is 11.8 Å². The van der Waals surface area contributed by atoms with Gasteiger partial charge in [0.25, 0.3) is 0 Å². The SMILES string of the molecule is CCCCCN(C(=O)C(C)NC(=O)OC(C)(C)C)C(C(=O)NC(C)CCC)c1ccc(C)cc1. The van der Waals surface area contributed by atoms with Gasteiger partial charge in [-0.05, 0) is 59.9 Å². The third kappa shape index (κ3) is 10.1. The monoisotopic (exact) mass is 475 g/mol. The highest BCUT2D eigenvalue weighted by atomic mass is 16.6. The van der Waals surface area contributed by atoms with Gasteiger partial charge in [0.05, 0.1) is 0 Å². The predicted molar refractivity (Wildman–Crippen MR) is 137 cm³/mol. The van der Waals surface area contributed by atoms with Gasteiger partial charge in [-0.3, -0.25) is 9.59 Å². The maximum Gasteiger partial charge on any atom is 0.408 e. The van der Waals surface area contributed by atoms with Crippen molar-refractivity contribution >= 4 is 17.9 Å². The highest BCUT2D eigenvalue weighted by Gasteiger charge is 2.34. The van der Waals surface area contributed by atoms with Gasteiger partial charge in [-0.15, -0.1) is 0 Å². The van der Waals surface area contributed by atoms with Crippen LogP contribution in [0.15, 0.2) is 24.3 Å². The number of carbonyl (C=O) groups excluding carboxylic acids is 3. The van der Waals surface area contributed by atoms with Crippen molar-refractivity contribution in [2.75, 3.05) is 6.54 Å². The molecule has 3 unspecified atom stereocenters. The lowest BCUT2D eigenvalue weighted by atomic mass is 10.0. The number of nitrogens with zero attached hydrogens (tertiary/aromatic N) is 1. The van der Waals surface area contributed by atoms with E-state index < -0.39 is 23.8 Å². The predicted octanol–water partition coefficient (Wildman–Crippen LogP) is 5.27. The molecule has 0 aromatic heterocycles. The standard InChI is InChI=1S/C27H45N3O4/c1-9-11-12-18-30(25(32)21(5)29-26(33)34-27(6,7)8)23(22-16-14-19(3)15-17-22)24(31)28-20(4)13-10-2/h14-17,20-21,23H,9-13,18H2,1-8H3,(H,28,31)(H,29,33). The molecule has 0 heterocycles. The van der Waals surface area contributed by atoms with E-state index in [2.05, 4.69) is 24.5 Å². The molecule has 34 heavy (non-hydrogen) atoms. The minimum absolute atomic E-state index is 0.00430. The number of alkyl carbamates (subject to hydrolysis) is 1. The number of carbonyl (C=O) groups is 3. The molecule has 0 fully saturated rings. The van der Waals surface area contributed by atoms with Crippen LogP contribution in [0.25, 0.3) is 0 Å². The lowest BCUT2D eigenvalue weighted by molar-refractivity contribution is -0.142. The summed E-state index contributed by atoms with van der Waals surface area (Å²) in [4.78, 5) is 41.0. The minimum atomic E-state index is -0.842. The maximum absolute atomic E-state index is 13.6. The van der Waals surface area contributed by atoms with E-state index in [0.717, 1.165) is 43.2 Å². The second-order valence-corrected chi connectivity index (χ2v) is 10.1. The van der Waals surface area contributed by atoms with E-state index in [4.69, 9.17) is 4.74 Å². The molecule has 3 atom stereocenters. The summed E-state index contributed by atoms with van der Waals surface area (Å²) in [6.45, 7) is 15.5. The third-order valence-corrected chi connectivity index (χ3v) is 5.45. The Hall–Kier alpha value is -2.57. The molecular weight excluding hydrogens is 430 g/mol. The molecular formula is C27H45N3O4. The number of rotatable bonds is 12. The van der Waals surface area contributed by atoms with Crippen molar-refractivity contribution in [2.45, 2.75) is 111 Å². The Morgan fingerprint density at radius 3 is 2.12 bits per heavy atom. The van der Waals surface area contributed by atoms with Gasteiger partial charge in [-0.1, -0.05) is 62.9 Å². The summed E-state index contributed by atoms with van der Waals surface area (Å²) < 4.78 is 5.32. The summed E-state index contributed by atoms with van der Waals surface area (Å²) in [7, 11) is 0. The highest BCUT2D eigenvalue weighted by molar-refractivity contribution is 5.92.